The molecule has 7 heteroatoms. The molecule has 34 heavy (non-hydrogen) atoms. The van der Waals surface area contributed by atoms with Gasteiger partial charge in [-0.3, -0.25) is 0 Å². The maximum atomic E-state index is 5.94. The fourth-order valence-corrected chi connectivity index (χ4v) is 3.90. The fraction of sp³-hybridized carbons (Fsp3) is 0.222. The normalized spacial score (nSPS) is 14.1. The Morgan fingerprint density at radius 2 is 1.71 bits per heavy atom. The van der Waals surface area contributed by atoms with E-state index in [0.717, 1.165) is 60.3 Å². The van der Waals surface area contributed by atoms with E-state index in [1.807, 2.05) is 54.7 Å². The molecule has 1 N–H and O–H groups in total. The molecule has 1 aliphatic heterocycles. The molecule has 0 aliphatic carbocycles. The number of likely N-dealkylation sites (N-methyl/N-ethyl adjacent to an activating group) is 1. The van der Waals surface area contributed by atoms with Crippen molar-refractivity contribution < 1.29 is 4.74 Å². The quantitative estimate of drug-likeness (QED) is 0.439. The van der Waals surface area contributed by atoms with Crippen LogP contribution in [-0.2, 0) is 6.61 Å². The van der Waals surface area contributed by atoms with E-state index in [9.17, 15) is 0 Å². The van der Waals surface area contributed by atoms with E-state index >= 15 is 0 Å². The zero-order chi connectivity index (χ0) is 23.2. The first-order valence-electron chi connectivity index (χ1n) is 11.5. The number of hydrogen-bond donors (Lipinski definition) is 1. The van der Waals surface area contributed by atoms with Gasteiger partial charge in [-0.15, -0.1) is 0 Å². The number of piperazine rings is 1. The average molecular weight is 453 g/mol. The Balaban J connectivity index is 1.25. The Kier molecular flexibility index (Phi) is 6.63. The van der Waals surface area contributed by atoms with Crippen molar-refractivity contribution in [3.63, 3.8) is 0 Å². The van der Waals surface area contributed by atoms with Gasteiger partial charge >= 0.3 is 0 Å². The van der Waals surface area contributed by atoms with Crippen molar-refractivity contribution in [1.82, 2.24) is 19.9 Å². The minimum Gasteiger partial charge on any atom is -0.489 e. The lowest BCUT2D eigenvalue weighted by atomic mass is 10.2. The van der Waals surface area contributed by atoms with E-state index in [4.69, 9.17) is 4.74 Å². The number of nitrogens with one attached hydrogen (secondary N) is 1. The summed E-state index contributed by atoms with van der Waals surface area (Å²) in [5.41, 5.74) is 3.82. The Bertz CT molecular complexity index is 1210. The summed E-state index contributed by atoms with van der Waals surface area (Å²) in [4.78, 5) is 18.2. The van der Waals surface area contributed by atoms with E-state index in [2.05, 4.69) is 61.4 Å². The molecule has 2 aromatic carbocycles. The number of aromatic nitrogens is 3. The van der Waals surface area contributed by atoms with Crippen LogP contribution in [0.5, 0.6) is 5.75 Å². The molecule has 0 radical (unpaired) electrons. The molecule has 4 aromatic rings. The number of anilines is 3. The minimum absolute atomic E-state index is 0.527. The first-order valence-corrected chi connectivity index (χ1v) is 11.5. The third kappa shape index (κ3) is 5.50. The number of rotatable bonds is 7. The summed E-state index contributed by atoms with van der Waals surface area (Å²) < 4.78 is 5.94. The molecule has 2 aromatic heterocycles. The van der Waals surface area contributed by atoms with E-state index in [1.165, 1.54) is 0 Å². The number of pyridine rings is 1. The van der Waals surface area contributed by atoms with Crippen LogP contribution in [0.2, 0.25) is 0 Å². The molecule has 0 saturated carbocycles. The first kappa shape index (κ1) is 21.9. The highest BCUT2D eigenvalue weighted by Gasteiger charge is 2.15. The molecule has 0 spiro atoms. The Hall–Kier alpha value is -3.97. The van der Waals surface area contributed by atoms with Gasteiger partial charge in [-0.05, 0) is 36.9 Å². The van der Waals surface area contributed by atoms with Crippen LogP contribution in [0.15, 0.2) is 85.3 Å². The van der Waals surface area contributed by atoms with Crippen LogP contribution in [0.1, 0.15) is 5.56 Å². The number of benzene rings is 2. The van der Waals surface area contributed by atoms with Gasteiger partial charge in [0.15, 0.2) is 0 Å². The second-order valence-electron chi connectivity index (χ2n) is 8.41. The van der Waals surface area contributed by atoms with Gasteiger partial charge in [-0.1, -0.05) is 36.4 Å². The molecule has 0 amide bonds. The Labute approximate surface area is 200 Å². The van der Waals surface area contributed by atoms with Crippen LogP contribution in [0.25, 0.3) is 11.3 Å². The van der Waals surface area contributed by atoms with Gasteiger partial charge in [0.05, 0.1) is 5.69 Å². The van der Waals surface area contributed by atoms with Gasteiger partial charge in [-0.2, -0.15) is 0 Å². The molecule has 7 nitrogen and oxygen atoms in total. The van der Waals surface area contributed by atoms with E-state index in [0.29, 0.717) is 12.4 Å². The lowest BCUT2D eigenvalue weighted by molar-refractivity contribution is 0.306. The van der Waals surface area contributed by atoms with Gasteiger partial charge in [0.25, 0.3) is 0 Å². The fourth-order valence-electron chi connectivity index (χ4n) is 3.90. The molecule has 172 valence electrons. The van der Waals surface area contributed by atoms with Crippen LogP contribution in [-0.4, -0.2) is 53.1 Å². The van der Waals surface area contributed by atoms with Crippen molar-refractivity contribution in [3.8, 4) is 17.0 Å². The summed E-state index contributed by atoms with van der Waals surface area (Å²) >= 11 is 0. The highest BCUT2D eigenvalue weighted by molar-refractivity contribution is 5.66. The van der Waals surface area contributed by atoms with Crippen LogP contribution in [0, 0.1) is 0 Å². The number of ether oxygens (including phenoxy) is 1. The summed E-state index contributed by atoms with van der Waals surface area (Å²) in [6.45, 7) is 4.64. The third-order valence-corrected chi connectivity index (χ3v) is 5.89. The first-order chi connectivity index (χ1) is 16.7. The minimum atomic E-state index is 0.527. The predicted molar refractivity (Wildman–Crippen MR) is 135 cm³/mol. The van der Waals surface area contributed by atoms with Gasteiger partial charge in [0.1, 0.15) is 30.3 Å². The Morgan fingerprint density at radius 1 is 0.853 bits per heavy atom. The smallest absolute Gasteiger partial charge is 0.134 e. The summed E-state index contributed by atoms with van der Waals surface area (Å²) in [5.74, 6) is 2.52. The zero-order valence-corrected chi connectivity index (χ0v) is 19.3. The SMILES string of the molecule is CN1CCN(c2ccc(-c3cc(Nc4cccc(OCc5ccccc5)c4)ncn3)cn2)CC1. The summed E-state index contributed by atoms with van der Waals surface area (Å²) in [6, 6.07) is 24.1. The van der Waals surface area contributed by atoms with Crippen molar-refractivity contribution >= 4 is 17.3 Å². The van der Waals surface area contributed by atoms with E-state index in [1.54, 1.807) is 6.33 Å². The maximum Gasteiger partial charge on any atom is 0.134 e. The largest absolute Gasteiger partial charge is 0.489 e. The van der Waals surface area contributed by atoms with Gasteiger partial charge in [0.2, 0.25) is 0 Å². The number of hydrogen-bond acceptors (Lipinski definition) is 7. The summed E-state index contributed by atoms with van der Waals surface area (Å²) in [7, 11) is 2.16. The number of nitrogens with zero attached hydrogens (tertiary/aromatic N) is 5. The van der Waals surface area contributed by atoms with Crippen LogP contribution in [0.3, 0.4) is 0 Å². The van der Waals surface area contributed by atoms with Crippen molar-refractivity contribution in [1.29, 1.82) is 0 Å². The molecular weight excluding hydrogens is 424 g/mol. The molecule has 3 heterocycles. The maximum absolute atomic E-state index is 5.94. The van der Waals surface area contributed by atoms with Gasteiger partial charge < -0.3 is 19.9 Å². The molecular formula is C27H28N6O. The summed E-state index contributed by atoms with van der Waals surface area (Å²) in [5, 5.41) is 3.36. The van der Waals surface area contributed by atoms with Crippen LogP contribution < -0.4 is 15.0 Å². The molecule has 5 rings (SSSR count). The highest BCUT2D eigenvalue weighted by atomic mass is 16.5. The van der Waals surface area contributed by atoms with Crippen molar-refractivity contribution in [2.75, 3.05) is 43.4 Å². The topological polar surface area (TPSA) is 66.4 Å². The van der Waals surface area contributed by atoms with E-state index < -0.39 is 0 Å². The molecule has 0 atom stereocenters. The molecule has 1 fully saturated rings. The van der Waals surface area contributed by atoms with Crippen molar-refractivity contribution in [2.45, 2.75) is 6.61 Å². The average Bonchev–Trinajstić information content (AvgIpc) is 2.89. The predicted octanol–water partition coefficient (Wildman–Crippen LogP) is 4.61. The third-order valence-electron chi connectivity index (χ3n) is 5.89. The standard InChI is InChI=1S/C27H28N6O/c1-32-12-14-33(15-13-32)27-11-10-22(18-28-27)25-17-26(30-20-29-25)31-23-8-5-9-24(16-23)34-19-21-6-3-2-4-7-21/h2-11,16-18,20H,12-15,19H2,1H3,(H,29,30,31). The molecule has 1 saturated heterocycles. The van der Waals surface area contributed by atoms with Gasteiger partial charge in [-0.25, -0.2) is 15.0 Å². The van der Waals surface area contributed by atoms with E-state index in [-0.39, 0.29) is 0 Å². The lowest BCUT2D eigenvalue weighted by Crippen LogP contribution is -2.44. The van der Waals surface area contributed by atoms with Gasteiger partial charge in [0, 0.05) is 55.8 Å². The Morgan fingerprint density at radius 3 is 2.50 bits per heavy atom. The molecule has 0 unspecified atom stereocenters. The van der Waals surface area contributed by atoms with Crippen LogP contribution in [0.4, 0.5) is 17.3 Å². The monoisotopic (exact) mass is 452 g/mol. The van der Waals surface area contributed by atoms with Crippen molar-refractivity contribution in [3.05, 3.63) is 90.9 Å². The summed E-state index contributed by atoms with van der Waals surface area (Å²) in [6.07, 6.45) is 3.46. The van der Waals surface area contributed by atoms with Crippen molar-refractivity contribution in [2.24, 2.45) is 0 Å². The second kappa shape index (κ2) is 10.3. The molecule has 0 bridgehead atoms. The highest BCUT2D eigenvalue weighted by Crippen LogP contribution is 2.25. The zero-order valence-electron chi connectivity index (χ0n) is 19.3. The van der Waals surface area contributed by atoms with Crippen LogP contribution >= 0.6 is 0 Å². The second-order valence-corrected chi connectivity index (χ2v) is 8.41. The lowest BCUT2D eigenvalue weighted by Gasteiger charge is -2.33. The molecule has 1 aliphatic rings.